The van der Waals surface area contributed by atoms with E-state index in [0.29, 0.717) is 17.5 Å². The molecule has 2 rings (SSSR count). The third kappa shape index (κ3) is 2.69. The average Bonchev–Trinajstić information content (AvgIpc) is 2.31. The van der Waals surface area contributed by atoms with Gasteiger partial charge in [0, 0.05) is 13.1 Å². The van der Waals surface area contributed by atoms with Crippen LogP contribution in [-0.2, 0) is 0 Å². The second kappa shape index (κ2) is 4.78. The smallest absolute Gasteiger partial charge is 0.224 e. The summed E-state index contributed by atoms with van der Waals surface area (Å²) in [5.41, 5.74) is 0. The predicted molar refractivity (Wildman–Crippen MR) is 62.8 cm³/mol. The Morgan fingerprint density at radius 1 is 1.24 bits per heavy atom. The minimum atomic E-state index is -0.422. The lowest BCUT2D eigenvalue weighted by atomic mass is 10.3. The molecule has 0 bridgehead atoms. The molecular weight excluding hydrogens is 221 g/mol. The summed E-state index contributed by atoms with van der Waals surface area (Å²) in [5, 5.41) is 2.88. The van der Waals surface area contributed by atoms with Gasteiger partial charge in [0.05, 0.1) is 0 Å². The Bertz CT molecular complexity index is 531. The van der Waals surface area contributed by atoms with Crippen molar-refractivity contribution in [1.29, 1.82) is 0 Å². The Kier molecular flexibility index (Phi) is 3.18. The van der Waals surface area contributed by atoms with Gasteiger partial charge in [0.25, 0.3) is 0 Å². The molecule has 0 aliphatic heterocycles. The molecule has 4 nitrogen and oxygen atoms in total. The van der Waals surface area contributed by atoms with Crippen molar-refractivity contribution in [2.24, 2.45) is 0 Å². The molecule has 88 valence electrons. The first kappa shape index (κ1) is 11.3. The maximum absolute atomic E-state index is 13.4. The van der Waals surface area contributed by atoms with Crippen LogP contribution in [0.4, 0.5) is 10.2 Å². The van der Waals surface area contributed by atoms with Crippen LogP contribution in [0.25, 0.3) is 0 Å². The summed E-state index contributed by atoms with van der Waals surface area (Å²) in [4.78, 5) is 8.20. The van der Waals surface area contributed by atoms with E-state index < -0.39 is 5.82 Å². The van der Waals surface area contributed by atoms with Crippen LogP contribution in [0.5, 0.6) is 11.6 Å². The molecule has 2 aromatic rings. The predicted octanol–water partition coefficient (Wildman–Crippen LogP) is 2.76. The molecule has 0 fully saturated rings. The maximum Gasteiger partial charge on any atom is 0.224 e. The molecular formula is C12H12FN3O. The highest BCUT2D eigenvalue weighted by atomic mass is 19.1. The summed E-state index contributed by atoms with van der Waals surface area (Å²) in [5.74, 6) is 1.22. The average molecular weight is 233 g/mol. The monoisotopic (exact) mass is 233 g/mol. The summed E-state index contributed by atoms with van der Waals surface area (Å²) in [6, 6.07) is 7.80. The molecule has 1 aromatic heterocycles. The van der Waals surface area contributed by atoms with E-state index in [1.807, 2.05) is 0 Å². The van der Waals surface area contributed by atoms with E-state index in [1.54, 1.807) is 38.2 Å². The van der Waals surface area contributed by atoms with Gasteiger partial charge in [0.15, 0.2) is 11.6 Å². The first-order chi connectivity index (χ1) is 8.19. The Labute approximate surface area is 98.5 Å². The summed E-state index contributed by atoms with van der Waals surface area (Å²) in [7, 11) is 1.74. The van der Waals surface area contributed by atoms with Crippen molar-refractivity contribution >= 4 is 5.82 Å². The first-order valence-electron chi connectivity index (χ1n) is 5.15. The van der Waals surface area contributed by atoms with Crippen molar-refractivity contribution in [3.8, 4) is 11.6 Å². The van der Waals surface area contributed by atoms with Gasteiger partial charge in [-0.3, -0.25) is 0 Å². The minimum Gasteiger partial charge on any atom is -0.436 e. The van der Waals surface area contributed by atoms with Crippen LogP contribution in [0.15, 0.2) is 30.3 Å². The fraction of sp³-hybridized carbons (Fsp3) is 0.167. The van der Waals surface area contributed by atoms with Crippen molar-refractivity contribution in [3.05, 3.63) is 42.0 Å². The summed E-state index contributed by atoms with van der Waals surface area (Å²) >= 11 is 0. The molecule has 1 heterocycles. The van der Waals surface area contributed by atoms with Gasteiger partial charge in [-0.25, -0.2) is 9.37 Å². The highest BCUT2D eigenvalue weighted by Crippen LogP contribution is 2.23. The van der Waals surface area contributed by atoms with Gasteiger partial charge in [0.2, 0.25) is 5.88 Å². The molecule has 0 amide bonds. The van der Waals surface area contributed by atoms with Crippen LogP contribution in [0.3, 0.4) is 0 Å². The van der Waals surface area contributed by atoms with Gasteiger partial charge >= 0.3 is 0 Å². The van der Waals surface area contributed by atoms with Gasteiger partial charge < -0.3 is 10.1 Å². The van der Waals surface area contributed by atoms with Crippen molar-refractivity contribution in [3.63, 3.8) is 0 Å². The molecule has 0 aliphatic carbocycles. The van der Waals surface area contributed by atoms with Crippen LogP contribution in [0.2, 0.25) is 0 Å². The second-order valence-electron chi connectivity index (χ2n) is 3.42. The number of halogens is 1. The van der Waals surface area contributed by atoms with Crippen LogP contribution >= 0.6 is 0 Å². The Morgan fingerprint density at radius 3 is 2.71 bits per heavy atom. The molecule has 0 saturated heterocycles. The minimum absolute atomic E-state index is 0.146. The molecule has 0 radical (unpaired) electrons. The maximum atomic E-state index is 13.4. The van der Waals surface area contributed by atoms with Gasteiger partial charge in [-0.05, 0) is 19.1 Å². The van der Waals surface area contributed by atoms with Crippen molar-refractivity contribution in [2.75, 3.05) is 12.4 Å². The number of rotatable bonds is 3. The molecule has 0 unspecified atom stereocenters. The number of aryl methyl sites for hydroxylation is 1. The van der Waals surface area contributed by atoms with Crippen molar-refractivity contribution in [2.45, 2.75) is 6.92 Å². The molecule has 17 heavy (non-hydrogen) atoms. The molecule has 1 aromatic carbocycles. The summed E-state index contributed by atoms with van der Waals surface area (Å²) in [6.45, 7) is 1.75. The van der Waals surface area contributed by atoms with E-state index in [-0.39, 0.29) is 5.75 Å². The lowest BCUT2D eigenvalue weighted by molar-refractivity contribution is 0.425. The van der Waals surface area contributed by atoms with Gasteiger partial charge in [-0.1, -0.05) is 12.1 Å². The molecule has 0 aliphatic rings. The number of para-hydroxylation sites is 1. The molecule has 1 N–H and O–H groups in total. The third-order valence-electron chi connectivity index (χ3n) is 2.12. The molecule has 0 spiro atoms. The van der Waals surface area contributed by atoms with Crippen LogP contribution in [-0.4, -0.2) is 17.0 Å². The number of anilines is 1. The Balaban J connectivity index is 2.30. The number of aromatic nitrogens is 2. The first-order valence-corrected chi connectivity index (χ1v) is 5.15. The van der Waals surface area contributed by atoms with Gasteiger partial charge in [-0.2, -0.15) is 4.98 Å². The highest BCUT2D eigenvalue weighted by molar-refractivity contribution is 5.39. The van der Waals surface area contributed by atoms with Crippen LogP contribution in [0.1, 0.15) is 5.82 Å². The number of benzene rings is 1. The third-order valence-corrected chi connectivity index (χ3v) is 2.12. The SMILES string of the molecule is CNc1cc(Oc2ccccc2F)nc(C)n1. The number of hydrogen-bond donors (Lipinski definition) is 1. The standard InChI is InChI=1S/C12H12FN3O/c1-8-15-11(14-2)7-12(16-8)17-10-6-4-3-5-9(10)13/h3-7H,1-2H3,(H,14,15,16). The Morgan fingerprint density at radius 2 is 2.00 bits per heavy atom. The van der Waals surface area contributed by atoms with Crippen molar-refractivity contribution in [1.82, 2.24) is 9.97 Å². The lowest BCUT2D eigenvalue weighted by Gasteiger charge is -2.07. The number of nitrogens with one attached hydrogen (secondary N) is 1. The molecule has 5 heteroatoms. The van der Waals surface area contributed by atoms with E-state index in [0.717, 1.165) is 0 Å². The molecule has 0 saturated carbocycles. The van der Waals surface area contributed by atoms with E-state index in [9.17, 15) is 4.39 Å². The van der Waals surface area contributed by atoms with Crippen molar-refractivity contribution < 1.29 is 9.13 Å². The van der Waals surface area contributed by atoms with Gasteiger partial charge in [0.1, 0.15) is 11.6 Å². The zero-order valence-corrected chi connectivity index (χ0v) is 9.57. The second-order valence-corrected chi connectivity index (χ2v) is 3.42. The number of nitrogens with zero attached hydrogens (tertiary/aromatic N) is 2. The highest BCUT2D eigenvalue weighted by Gasteiger charge is 2.06. The summed E-state index contributed by atoms with van der Waals surface area (Å²) in [6.07, 6.45) is 0. The van der Waals surface area contributed by atoms with Gasteiger partial charge in [-0.15, -0.1) is 0 Å². The van der Waals surface area contributed by atoms with E-state index in [1.165, 1.54) is 6.07 Å². The zero-order valence-electron chi connectivity index (χ0n) is 9.57. The largest absolute Gasteiger partial charge is 0.436 e. The topological polar surface area (TPSA) is 47.0 Å². The fourth-order valence-electron chi connectivity index (χ4n) is 1.36. The van der Waals surface area contributed by atoms with E-state index in [4.69, 9.17) is 4.74 Å². The van der Waals surface area contributed by atoms with Crippen LogP contribution in [0, 0.1) is 12.7 Å². The summed E-state index contributed by atoms with van der Waals surface area (Å²) < 4.78 is 18.7. The quantitative estimate of drug-likeness (QED) is 0.885. The Hall–Kier alpha value is -2.17. The van der Waals surface area contributed by atoms with E-state index in [2.05, 4.69) is 15.3 Å². The zero-order chi connectivity index (χ0) is 12.3. The molecule has 0 atom stereocenters. The normalized spacial score (nSPS) is 10.1. The number of ether oxygens (including phenoxy) is 1. The van der Waals surface area contributed by atoms with Crippen LogP contribution < -0.4 is 10.1 Å². The van der Waals surface area contributed by atoms with E-state index >= 15 is 0 Å². The fourth-order valence-corrected chi connectivity index (χ4v) is 1.36. The number of hydrogen-bond acceptors (Lipinski definition) is 4. The lowest BCUT2D eigenvalue weighted by Crippen LogP contribution is -1.99.